The fraction of sp³-hybridized carbons (Fsp3) is 0.636. The smallest absolute Gasteiger partial charge is 0.237 e. The van der Waals surface area contributed by atoms with Crippen LogP contribution in [0.5, 0.6) is 0 Å². The van der Waals surface area contributed by atoms with Crippen molar-refractivity contribution in [1.82, 2.24) is 10.6 Å². The van der Waals surface area contributed by atoms with Crippen LogP contribution in [0.1, 0.15) is 26.7 Å². The molecule has 0 fully saturated rings. The fourth-order valence-corrected chi connectivity index (χ4v) is 1.11. The quantitative estimate of drug-likeness (QED) is 0.532. The Morgan fingerprint density at radius 3 is 2.56 bits per heavy atom. The van der Waals surface area contributed by atoms with Crippen LogP contribution in [0, 0.1) is 0 Å². The fourth-order valence-electron chi connectivity index (χ4n) is 1.11. The number of carbonyl (C=O) groups excluding carboxylic acids is 2. The van der Waals surface area contributed by atoms with Gasteiger partial charge in [-0.1, -0.05) is 6.08 Å². The molecule has 0 aromatic heterocycles. The van der Waals surface area contributed by atoms with Crippen molar-refractivity contribution >= 4 is 11.8 Å². The summed E-state index contributed by atoms with van der Waals surface area (Å²) in [5.74, 6) is -0.329. The molecule has 0 rings (SSSR count). The molecule has 0 saturated heterocycles. The Morgan fingerprint density at radius 2 is 2.06 bits per heavy atom. The van der Waals surface area contributed by atoms with E-state index in [4.69, 9.17) is 5.73 Å². The van der Waals surface area contributed by atoms with Crippen LogP contribution in [0.25, 0.3) is 0 Å². The molecule has 0 bridgehead atoms. The Kier molecular flexibility index (Phi) is 7.20. The minimum Gasteiger partial charge on any atom is -0.354 e. The number of carbonyl (C=O) groups is 2. The van der Waals surface area contributed by atoms with Crippen molar-refractivity contribution in [3.63, 3.8) is 0 Å². The number of hydrogen-bond acceptors (Lipinski definition) is 3. The first-order chi connectivity index (χ1) is 7.47. The summed E-state index contributed by atoms with van der Waals surface area (Å²) in [6, 6.07) is -0.461. The average Bonchev–Trinajstić information content (AvgIpc) is 2.16. The number of hydrogen-bond donors (Lipinski definition) is 3. The standard InChI is InChI=1S/C11H21N3O2/c1-4-5-9(12)11(16)13-7-6-10(15)14-8(2)3/h4,8-9H,1,5-7,12H2,2-3H3,(H,13,16)(H,14,15). The zero-order valence-corrected chi connectivity index (χ0v) is 9.95. The van der Waals surface area contributed by atoms with Crippen molar-refractivity contribution in [3.8, 4) is 0 Å². The summed E-state index contributed by atoms with van der Waals surface area (Å²) in [6.07, 6.45) is 2.30. The van der Waals surface area contributed by atoms with Crippen molar-refractivity contribution < 1.29 is 9.59 Å². The van der Waals surface area contributed by atoms with Crippen LogP contribution >= 0.6 is 0 Å². The number of nitrogens with two attached hydrogens (primary N) is 1. The van der Waals surface area contributed by atoms with Gasteiger partial charge in [-0.15, -0.1) is 6.58 Å². The van der Waals surface area contributed by atoms with Gasteiger partial charge in [-0.25, -0.2) is 0 Å². The molecule has 1 atom stereocenters. The third-order valence-electron chi connectivity index (χ3n) is 1.86. The molecule has 0 spiro atoms. The maximum Gasteiger partial charge on any atom is 0.237 e. The molecule has 4 N–H and O–H groups in total. The van der Waals surface area contributed by atoms with Crippen LogP contribution in [0.4, 0.5) is 0 Å². The van der Waals surface area contributed by atoms with Crippen molar-refractivity contribution in [2.45, 2.75) is 38.8 Å². The van der Waals surface area contributed by atoms with Gasteiger partial charge in [-0.3, -0.25) is 9.59 Å². The van der Waals surface area contributed by atoms with E-state index in [1.54, 1.807) is 6.08 Å². The van der Waals surface area contributed by atoms with Crippen molar-refractivity contribution in [2.75, 3.05) is 6.54 Å². The molecule has 0 heterocycles. The first kappa shape index (κ1) is 14.6. The molecule has 0 aromatic carbocycles. The third kappa shape index (κ3) is 7.00. The molecule has 5 heteroatoms. The summed E-state index contributed by atoms with van der Waals surface area (Å²) in [5, 5.41) is 5.33. The summed E-state index contributed by atoms with van der Waals surface area (Å²) in [6.45, 7) is 7.58. The summed E-state index contributed by atoms with van der Waals surface area (Å²) < 4.78 is 0. The van der Waals surface area contributed by atoms with E-state index < -0.39 is 6.04 Å². The minimum atomic E-state index is -0.578. The second-order valence-corrected chi connectivity index (χ2v) is 3.89. The molecular weight excluding hydrogens is 206 g/mol. The zero-order valence-electron chi connectivity index (χ0n) is 9.95. The van der Waals surface area contributed by atoms with Gasteiger partial charge in [0.05, 0.1) is 6.04 Å². The molecule has 0 aliphatic carbocycles. The molecular formula is C11H21N3O2. The van der Waals surface area contributed by atoms with E-state index in [2.05, 4.69) is 17.2 Å². The average molecular weight is 227 g/mol. The van der Waals surface area contributed by atoms with Crippen molar-refractivity contribution in [1.29, 1.82) is 0 Å². The molecule has 0 radical (unpaired) electrons. The van der Waals surface area contributed by atoms with Gasteiger partial charge in [-0.05, 0) is 20.3 Å². The van der Waals surface area contributed by atoms with E-state index in [0.29, 0.717) is 13.0 Å². The molecule has 1 unspecified atom stereocenters. The molecule has 0 aliphatic heterocycles. The second-order valence-electron chi connectivity index (χ2n) is 3.89. The lowest BCUT2D eigenvalue weighted by Crippen LogP contribution is -2.42. The van der Waals surface area contributed by atoms with E-state index in [1.807, 2.05) is 13.8 Å². The van der Waals surface area contributed by atoms with E-state index in [9.17, 15) is 9.59 Å². The predicted molar refractivity (Wildman–Crippen MR) is 63.7 cm³/mol. The van der Waals surface area contributed by atoms with Crippen molar-refractivity contribution in [2.24, 2.45) is 5.73 Å². The first-order valence-electron chi connectivity index (χ1n) is 5.41. The number of nitrogens with one attached hydrogen (secondary N) is 2. The highest BCUT2D eigenvalue weighted by atomic mass is 16.2. The monoisotopic (exact) mass is 227 g/mol. The molecule has 0 aliphatic rings. The van der Waals surface area contributed by atoms with Gasteiger partial charge in [-0.2, -0.15) is 0 Å². The Morgan fingerprint density at radius 1 is 1.44 bits per heavy atom. The predicted octanol–water partition coefficient (Wildman–Crippen LogP) is -0.0793. The Labute approximate surface area is 96.5 Å². The summed E-state index contributed by atoms with van der Waals surface area (Å²) in [7, 11) is 0. The highest BCUT2D eigenvalue weighted by Crippen LogP contribution is 1.89. The lowest BCUT2D eigenvalue weighted by molar-refractivity contribution is -0.123. The molecule has 2 amide bonds. The van der Waals surface area contributed by atoms with Crippen LogP contribution < -0.4 is 16.4 Å². The van der Waals surface area contributed by atoms with Crippen molar-refractivity contribution in [3.05, 3.63) is 12.7 Å². The Hall–Kier alpha value is -1.36. The van der Waals surface area contributed by atoms with E-state index in [-0.39, 0.29) is 24.3 Å². The molecule has 0 aromatic rings. The lowest BCUT2D eigenvalue weighted by atomic mass is 10.2. The largest absolute Gasteiger partial charge is 0.354 e. The van der Waals surface area contributed by atoms with Crippen LogP contribution in [0.2, 0.25) is 0 Å². The van der Waals surface area contributed by atoms with Crippen LogP contribution in [0.3, 0.4) is 0 Å². The number of amides is 2. The first-order valence-corrected chi connectivity index (χ1v) is 5.41. The molecule has 0 saturated carbocycles. The Balaban J connectivity index is 3.69. The van der Waals surface area contributed by atoms with E-state index >= 15 is 0 Å². The maximum atomic E-state index is 11.3. The summed E-state index contributed by atoms with van der Waals surface area (Å²) in [5.41, 5.74) is 5.54. The maximum absolute atomic E-state index is 11.3. The zero-order chi connectivity index (χ0) is 12.6. The minimum absolute atomic E-state index is 0.0763. The van der Waals surface area contributed by atoms with Gasteiger partial charge in [0.1, 0.15) is 0 Å². The van der Waals surface area contributed by atoms with Gasteiger partial charge in [0.2, 0.25) is 11.8 Å². The molecule has 92 valence electrons. The number of rotatable bonds is 7. The van der Waals surface area contributed by atoms with E-state index in [0.717, 1.165) is 0 Å². The third-order valence-corrected chi connectivity index (χ3v) is 1.86. The van der Waals surface area contributed by atoms with E-state index in [1.165, 1.54) is 0 Å². The normalized spacial score (nSPS) is 12.0. The van der Waals surface area contributed by atoms with Crippen LogP contribution in [-0.2, 0) is 9.59 Å². The lowest BCUT2D eigenvalue weighted by Gasteiger charge is -2.11. The second kappa shape index (κ2) is 7.87. The Bertz CT molecular complexity index is 252. The summed E-state index contributed by atoms with van der Waals surface area (Å²) in [4.78, 5) is 22.5. The highest BCUT2D eigenvalue weighted by Gasteiger charge is 2.11. The SMILES string of the molecule is C=CCC(N)C(=O)NCCC(=O)NC(C)C. The van der Waals surface area contributed by atoms with Crippen LogP contribution in [-0.4, -0.2) is 30.4 Å². The van der Waals surface area contributed by atoms with Gasteiger partial charge in [0.25, 0.3) is 0 Å². The van der Waals surface area contributed by atoms with Gasteiger partial charge in [0.15, 0.2) is 0 Å². The summed E-state index contributed by atoms with van der Waals surface area (Å²) >= 11 is 0. The molecule has 16 heavy (non-hydrogen) atoms. The highest BCUT2D eigenvalue weighted by molar-refractivity contribution is 5.82. The van der Waals surface area contributed by atoms with Gasteiger partial charge < -0.3 is 16.4 Å². The topological polar surface area (TPSA) is 84.2 Å². The molecule has 5 nitrogen and oxygen atoms in total. The van der Waals surface area contributed by atoms with Crippen LogP contribution in [0.15, 0.2) is 12.7 Å². The van der Waals surface area contributed by atoms with Gasteiger partial charge in [0, 0.05) is 19.0 Å². The van der Waals surface area contributed by atoms with Gasteiger partial charge >= 0.3 is 0 Å².